The second kappa shape index (κ2) is 12.2. The topological polar surface area (TPSA) is 30.5 Å². The third kappa shape index (κ3) is 6.78. The number of nitrogens with one attached hydrogen (secondary N) is 1. The Labute approximate surface area is 169 Å². The van der Waals surface area contributed by atoms with E-state index in [1.165, 1.54) is 25.3 Å². The molecule has 0 heterocycles. The average Bonchev–Trinajstić information content (AvgIpc) is 2.61. The summed E-state index contributed by atoms with van der Waals surface area (Å²) in [5, 5.41) is 3.43. The zero-order valence-electron chi connectivity index (χ0n) is 15.2. The maximum absolute atomic E-state index is 13.7. The van der Waals surface area contributed by atoms with Gasteiger partial charge in [-0.05, 0) is 52.7 Å². The van der Waals surface area contributed by atoms with Gasteiger partial charge in [-0.2, -0.15) is 0 Å². The van der Waals surface area contributed by atoms with Crippen LogP contribution in [-0.4, -0.2) is 13.7 Å². The maximum Gasteiger partial charge on any atom is 0.175 e. The van der Waals surface area contributed by atoms with E-state index < -0.39 is 0 Å². The molecule has 0 aliphatic rings. The van der Waals surface area contributed by atoms with E-state index in [4.69, 9.17) is 9.47 Å². The minimum absolute atomic E-state index is 0. The summed E-state index contributed by atoms with van der Waals surface area (Å²) in [5.74, 6) is 0.946. The molecule has 0 unspecified atom stereocenters. The monoisotopic (exact) mass is 445 g/mol. The normalized spacial score (nSPS) is 10.3. The minimum Gasteiger partial charge on any atom is -0.493 e. The Kier molecular flexibility index (Phi) is 10.6. The lowest BCUT2D eigenvalue weighted by atomic mass is 10.2. The summed E-state index contributed by atoms with van der Waals surface area (Å²) in [6.45, 7) is 4.11. The highest BCUT2D eigenvalue weighted by atomic mass is 79.9. The quantitative estimate of drug-likeness (QED) is 0.462. The third-order valence-corrected chi connectivity index (χ3v) is 4.49. The Hall–Kier alpha value is -1.30. The Balaban J connectivity index is 0.00000338. The molecular formula is C20H26BrClFNO2. The van der Waals surface area contributed by atoms with E-state index in [1.807, 2.05) is 12.1 Å². The Morgan fingerprint density at radius 2 is 1.92 bits per heavy atom. The number of benzene rings is 2. The first kappa shape index (κ1) is 22.7. The van der Waals surface area contributed by atoms with Crippen LogP contribution in [0.15, 0.2) is 40.9 Å². The molecule has 2 aromatic rings. The lowest BCUT2D eigenvalue weighted by Gasteiger charge is -2.15. The Bertz CT molecular complexity index is 685. The van der Waals surface area contributed by atoms with Gasteiger partial charge in [0.2, 0.25) is 0 Å². The standard InChI is InChI=1S/C20H25BrFNO2.ClH/c1-3-4-7-10-23-13-15-11-17(21)20(19(12-15)24-2)25-14-16-8-5-6-9-18(16)22;/h5-6,8-9,11-12,23H,3-4,7,10,13-14H2,1-2H3;1H. The fraction of sp³-hybridized carbons (Fsp3) is 0.400. The van der Waals surface area contributed by atoms with Crippen LogP contribution in [0.2, 0.25) is 0 Å². The van der Waals surface area contributed by atoms with Gasteiger partial charge in [-0.1, -0.05) is 38.0 Å². The highest BCUT2D eigenvalue weighted by molar-refractivity contribution is 9.10. The van der Waals surface area contributed by atoms with Gasteiger partial charge in [-0.3, -0.25) is 0 Å². The Morgan fingerprint density at radius 3 is 2.62 bits per heavy atom. The van der Waals surface area contributed by atoms with Crippen molar-refractivity contribution < 1.29 is 13.9 Å². The van der Waals surface area contributed by atoms with Crippen LogP contribution in [0.1, 0.15) is 37.3 Å². The van der Waals surface area contributed by atoms with Gasteiger partial charge in [0.25, 0.3) is 0 Å². The molecule has 0 saturated heterocycles. The molecule has 2 aromatic carbocycles. The van der Waals surface area contributed by atoms with E-state index in [2.05, 4.69) is 28.2 Å². The number of unbranched alkanes of at least 4 members (excludes halogenated alkanes) is 2. The van der Waals surface area contributed by atoms with E-state index in [9.17, 15) is 4.39 Å². The molecule has 0 spiro atoms. The highest BCUT2D eigenvalue weighted by Gasteiger charge is 2.13. The van der Waals surface area contributed by atoms with Crippen molar-refractivity contribution in [2.75, 3.05) is 13.7 Å². The number of hydrogen-bond acceptors (Lipinski definition) is 3. The SMILES string of the molecule is CCCCCNCc1cc(Br)c(OCc2ccccc2F)c(OC)c1.Cl. The molecule has 1 N–H and O–H groups in total. The molecule has 0 amide bonds. The van der Waals surface area contributed by atoms with E-state index in [0.717, 1.165) is 23.1 Å². The van der Waals surface area contributed by atoms with Crippen molar-refractivity contribution in [3.63, 3.8) is 0 Å². The number of methoxy groups -OCH3 is 1. The zero-order chi connectivity index (χ0) is 18.1. The summed E-state index contributed by atoms with van der Waals surface area (Å²) in [5.41, 5.74) is 1.62. The molecule has 0 aliphatic carbocycles. The summed E-state index contributed by atoms with van der Waals surface area (Å²) in [7, 11) is 1.61. The summed E-state index contributed by atoms with van der Waals surface area (Å²) in [6.07, 6.45) is 3.64. The molecule has 0 radical (unpaired) electrons. The van der Waals surface area contributed by atoms with Crippen molar-refractivity contribution in [2.45, 2.75) is 39.3 Å². The van der Waals surface area contributed by atoms with E-state index in [1.54, 1.807) is 25.3 Å². The zero-order valence-corrected chi connectivity index (χ0v) is 17.6. The maximum atomic E-state index is 13.7. The van der Waals surface area contributed by atoms with Crippen molar-refractivity contribution >= 4 is 28.3 Å². The molecule has 0 aromatic heterocycles. The van der Waals surface area contributed by atoms with Crippen LogP contribution < -0.4 is 14.8 Å². The summed E-state index contributed by atoms with van der Waals surface area (Å²) < 4.78 is 25.8. The molecule has 0 bridgehead atoms. The van der Waals surface area contributed by atoms with Gasteiger partial charge in [-0.25, -0.2) is 4.39 Å². The van der Waals surface area contributed by atoms with Crippen LogP contribution in [0, 0.1) is 5.82 Å². The molecule has 0 aliphatic heterocycles. The van der Waals surface area contributed by atoms with Crippen LogP contribution in [0.3, 0.4) is 0 Å². The number of halogens is 3. The minimum atomic E-state index is -0.273. The summed E-state index contributed by atoms with van der Waals surface area (Å²) >= 11 is 3.54. The van der Waals surface area contributed by atoms with E-state index >= 15 is 0 Å². The highest BCUT2D eigenvalue weighted by Crippen LogP contribution is 2.37. The smallest absolute Gasteiger partial charge is 0.175 e. The number of hydrogen-bond donors (Lipinski definition) is 1. The second-order valence-electron chi connectivity index (χ2n) is 5.87. The van der Waals surface area contributed by atoms with Crippen LogP contribution in [-0.2, 0) is 13.2 Å². The average molecular weight is 447 g/mol. The van der Waals surface area contributed by atoms with Crippen molar-refractivity contribution in [3.05, 3.63) is 57.8 Å². The molecule has 0 atom stereocenters. The molecule has 3 nitrogen and oxygen atoms in total. The van der Waals surface area contributed by atoms with Crippen molar-refractivity contribution in [1.29, 1.82) is 0 Å². The molecule has 6 heteroatoms. The molecular weight excluding hydrogens is 421 g/mol. The van der Waals surface area contributed by atoms with Crippen molar-refractivity contribution in [3.8, 4) is 11.5 Å². The van der Waals surface area contributed by atoms with Gasteiger partial charge >= 0.3 is 0 Å². The lowest BCUT2D eigenvalue weighted by molar-refractivity contribution is 0.277. The van der Waals surface area contributed by atoms with Crippen molar-refractivity contribution in [1.82, 2.24) is 5.32 Å². The van der Waals surface area contributed by atoms with E-state index in [0.29, 0.717) is 17.1 Å². The predicted octanol–water partition coefficient (Wildman–Crippen LogP) is 5.88. The Morgan fingerprint density at radius 1 is 1.15 bits per heavy atom. The largest absolute Gasteiger partial charge is 0.493 e. The number of ether oxygens (including phenoxy) is 2. The van der Waals surface area contributed by atoms with Crippen molar-refractivity contribution in [2.24, 2.45) is 0 Å². The van der Waals surface area contributed by atoms with Crippen LogP contribution in [0.4, 0.5) is 4.39 Å². The summed E-state index contributed by atoms with van der Waals surface area (Å²) in [6, 6.07) is 10.6. The van der Waals surface area contributed by atoms with Crippen LogP contribution in [0.5, 0.6) is 11.5 Å². The predicted molar refractivity (Wildman–Crippen MR) is 110 cm³/mol. The van der Waals surface area contributed by atoms with Gasteiger partial charge in [0.1, 0.15) is 12.4 Å². The lowest BCUT2D eigenvalue weighted by Crippen LogP contribution is -2.14. The van der Waals surface area contributed by atoms with Gasteiger partial charge in [0.05, 0.1) is 11.6 Å². The van der Waals surface area contributed by atoms with Crippen LogP contribution >= 0.6 is 28.3 Å². The van der Waals surface area contributed by atoms with Gasteiger partial charge in [0, 0.05) is 12.1 Å². The first-order valence-electron chi connectivity index (χ1n) is 8.59. The van der Waals surface area contributed by atoms with Gasteiger partial charge in [0.15, 0.2) is 11.5 Å². The fourth-order valence-electron chi connectivity index (χ4n) is 2.51. The van der Waals surface area contributed by atoms with Gasteiger partial charge < -0.3 is 14.8 Å². The first-order valence-corrected chi connectivity index (χ1v) is 9.38. The molecule has 26 heavy (non-hydrogen) atoms. The molecule has 0 saturated carbocycles. The van der Waals surface area contributed by atoms with Crippen LogP contribution in [0.25, 0.3) is 0 Å². The summed E-state index contributed by atoms with van der Waals surface area (Å²) in [4.78, 5) is 0. The molecule has 0 fully saturated rings. The number of rotatable bonds is 10. The van der Waals surface area contributed by atoms with Gasteiger partial charge in [-0.15, -0.1) is 12.4 Å². The third-order valence-electron chi connectivity index (χ3n) is 3.91. The first-order chi connectivity index (χ1) is 12.2. The fourth-order valence-corrected chi connectivity index (χ4v) is 3.12. The van der Waals surface area contributed by atoms with E-state index in [-0.39, 0.29) is 24.8 Å². The second-order valence-corrected chi connectivity index (χ2v) is 6.73. The molecule has 2 rings (SSSR count). The molecule has 144 valence electrons.